The monoisotopic (exact) mass is 192 g/mol. The number of phenols is 1. The van der Waals surface area contributed by atoms with E-state index in [0.717, 1.165) is 12.0 Å². The topological polar surface area (TPSA) is 57.5 Å². The first-order valence-corrected chi connectivity index (χ1v) is 4.67. The smallest absolute Gasteiger partial charge is 0.303 e. The molecule has 0 spiro atoms. The third kappa shape index (κ3) is 1.87. The maximum Gasteiger partial charge on any atom is 0.303 e. The van der Waals surface area contributed by atoms with Gasteiger partial charge in [0, 0.05) is 6.42 Å². The highest BCUT2D eigenvalue weighted by atomic mass is 16.4. The lowest BCUT2D eigenvalue weighted by atomic mass is 10.1. The minimum atomic E-state index is -0.726. The van der Waals surface area contributed by atoms with E-state index >= 15 is 0 Å². The maximum atomic E-state index is 10.4. The molecule has 1 saturated carbocycles. The molecule has 3 heteroatoms. The lowest BCUT2D eigenvalue weighted by molar-refractivity contribution is -0.137. The highest BCUT2D eigenvalue weighted by Gasteiger charge is 2.39. The van der Waals surface area contributed by atoms with E-state index in [9.17, 15) is 4.79 Å². The Morgan fingerprint density at radius 2 is 2.00 bits per heavy atom. The van der Waals surface area contributed by atoms with Gasteiger partial charge in [-0.15, -0.1) is 0 Å². The lowest BCUT2D eigenvalue weighted by Crippen LogP contribution is -1.96. The Morgan fingerprint density at radius 1 is 1.36 bits per heavy atom. The summed E-state index contributed by atoms with van der Waals surface area (Å²) in [7, 11) is 0. The summed E-state index contributed by atoms with van der Waals surface area (Å²) in [4.78, 5) is 10.4. The molecule has 74 valence electrons. The molecule has 2 N–H and O–H groups in total. The number of carboxylic acid groups (broad SMARTS) is 1. The van der Waals surface area contributed by atoms with Crippen LogP contribution in [0.2, 0.25) is 0 Å². The van der Waals surface area contributed by atoms with Crippen molar-refractivity contribution in [2.75, 3.05) is 0 Å². The first-order valence-electron chi connectivity index (χ1n) is 4.67. The van der Waals surface area contributed by atoms with Gasteiger partial charge in [0.25, 0.3) is 0 Å². The molecule has 0 aliphatic heterocycles. The molecule has 1 aromatic carbocycles. The second-order valence-electron chi connectivity index (χ2n) is 3.79. The number of aromatic hydroxyl groups is 1. The Kier molecular flexibility index (Phi) is 2.15. The summed E-state index contributed by atoms with van der Waals surface area (Å²) >= 11 is 0. The predicted octanol–water partition coefficient (Wildman–Crippen LogP) is 1.97. The van der Waals surface area contributed by atoms with Crippen LogP contribution in [0.1, 0.15) is 24.3 Å². The molecule has 0 unspecified atom stereocenters. The van der Waals surface area contributed by atoms with E-state index in [0.29, 0.717) is 5.92 Å². The van der Waals surface area contributed by atoms with Gasteiger partial charge in [0.2, 0.25) is 0 Å². The molecule has 0 amide bonds. The number of benzene rings is 1. The normalized spacial score (nSPS) is 24.6. The van der Waals surface area contributed by atoms with Crippen LogP contribution in [0.25, 0.3) is 0 Å². The number of carboxylic acids is 1. The standard InChI is InChI=1S/C11H12O3/c12-9-3-1-7(2-4-9)10-5-8(10)6-11(13)14/h1-4,8,10,12H,5-6H2,(H,13,14)/t8-,10-/m0/s1. The molecule has 2 atom stereocenters. The van der Waals surface area contributed by atoms with Crippen LogP contribution in [-0.4, -0.2) is 16.2 Å². The van der Waals surface area contributed by atoms with Gasteiger partial charge in [-0.1, -0.05) is 12.1 Å². The van der Waals surface area contributed by atoms with Crippen molar-refractivity contribution in [3.05, 3.63) is 29.8 Å². The van der Waals surface area contributed by atoms with Crippen molar-refractivity contribution in [2.24, 2.45) is 5.92 Å². The number of hydrogen-bond donors (Lipinski definition) is 2. The van der Waals surface area contributed by atoms with E-state index in [1.54, 1.807) is 12.1 Å². The molecule has 2 rings (SSSR count). The lowest BCUT2D eigenvalue weighted by Gasteiger charge is -1.98. The summed E-state index contributed by atoms with van der Waals surface area (Å²) in [5, 5.41) is 17.7. The summed E-state index contributed by atoms with van der Waals surface area (Å²) in [5.74, 6) is 0.198. The molecule has 0 aromatic heterocycles. The van der Waals surface area contributed by atoms with E-state index in [1.165, 1.54) is 0 Å². The molecule has 14 heavy (non-hydrogen) atoms. The molecule has 1 aliphatic rings. The fourth-order valence-electron chi connectivity index (χ4n) is 1.83. The summed E-state index contributed by atoms with van der Waals surface area (Å²) in [6.45, 7) is 0. The Hall–Kier alpha value is -1.51. The molecule has 0 radical (unpaired) electrons. The Balaban J connectivity index is 1.99. The molecule has 1 aromatic rings. The van der Waals surface area contributed by atoms with Crippen molar-refractivity contribution in [2.45, 2.75) is 18.8 Å². The number of aliphatic carboxylic acids is 1. The van der Waals surface area contributed by atoms with Gasteiger partial charge in [0.1, 0.15) is 5.75 Å². The van der Waals surface area contributed by atoms with Crippen LogP contribution < -0.4 is 0 Å². The zero-order valence-electron chi connectivity index (χ0n) is 7.68. The number of carbonyl (C=O) groups is 1. The third-order valence-corrected chi connectivity index (χ3v) is 2.68. The minimum Gasteiger partial charge on any atom is -0.508 e. The minimum absolute atomic E-state index is 0.254. The number of hydrogen-bond acceptors (Lipinski definition) is 2. The molecular formula is C11H12O3. The first-order chi connectivity index (χ1) is 6.66. The van der Waals surface area contributed by atoms with Crippen molar-refractivity contribution < 1.29 is 15.0 Å². The Bertz CT molecular complexity index is 342. The maximum absolute atomic E-state index is 10.4. The van der Waals surface area contributed by atoms with Gasteiger partial charge in [0.05, 0.1) is 0 Å². The van der Waals surface area contributed by atoms with E-state index < -0.39 is 5.97 Å². The second kappa shape index (κ2) is 3.33. The third-order valence-electron chi connectivity index (χ3n) is 2.68. The molecular weight excluding hydrogens is 180 g/mol. The first kappa shape index (κ1) is 9.06. The fraction of sp³-hybridized carbons (Fsp3) is 0.364. The van der Waals surface area contributed by atoms with Crippen molar-refractivity contribution in [1.82, 2.24) is 0 Å². The largest absolute Gasteiger partial charge is 0.508 e. The van der Waals surface area contributed by atoms with Crippen LogP contribution in [0.3, 0.4) is 0 Å². The molecule has 3 nitrogen and oxygen atoms in total. The van der Waals surface area contributed by atoms with E-state index in [4.69, 9.17) is 10.2 Å². The van der Waals surface area contributed by atoms with Gasteiger partial charge in [-0.05, 0) is 36.0 Å². The van der Waals surface area contributed by atoms with Gasteiger partial charge in [0.15, 0.2) is 0 Å². The number of rotatable bonds is 3. The van der Waals surface area contributed by atoms with Crippen LogP contribution in [-0.2, 0) is 4.79 Å². The summed E-state index contributed by atoms with van der Waals surface area (Å²) in [6, 6.07) is 7.01. The van der Waals surface area contributed by atoms with Crippen LogP contribution in [0.15, 0.2) is 24.3 Å². The molecule has 0 saturated heterocycles. The average molecular weight is 192 g/mol. The highest BCUT2D eigenvalue weighted by molar-refractivity contribution is 5.67. The van der Waals surface area contributed by atoms with Gasteiger partial charge in [-0.3, -0.25) is 4.79 Å². The van der Waals surface area contributed by atoms with Gasteiger partial charge < -0.3 is 10.2 Å². The average Bonchev–Trinajstić information content (AvgIpc) is 2.84. The van der Waals surface area contributed by atoms with Crippen molar-refractivity contribution in [1.29, 1.82) is 0 Å². The van der Waals surface area contributed by atoms with Gasteiger partial charge in [-0.2, -0.15) is 0 Å². The van der Waals surface area contributed by atoms with Gasteiger partial charge in [-0.25, -0.2) is 0 Å². The van der Waals surface area contributed by atoms with Crippen LogP contribution in [0.5, 0.6) is 5.75 Å². The molecule has 0 heterocycles. The predicted molar refractivity (Wildman–Crippen MR) is 51.2 cm³/mol. The zero-order valence-corrected chi connectivity index (χ0v) is 7.68. The van der Waals surface area contributed by atoms with Crippen molar-refractivity contribution in [3.8, 4) is 5.75 Å². The van der Waals surface area contributed by atoms with Crippen LogP contribution >= 0.6 is 0 Å². The number of phenolic OH excluding ortho intramolecular Hbond substituents is 1. The summed E-state index contributed by atoms with van der Waals surface area (Å²) < 4.78 is 0. The summed E-state index contributed by atoms with van der Waals surface area (Å²) in [6.07, 6.45) is 1.21. The van der Waals surface area contributed by atoms with Crippen molar-refractivity contribution in [3.63, 3.8) is 0 Å². The quantitative estimate of drug-likeness (QED) is 0.769. The van der Waals surface area contributed by atoms with E-state index in [-0.39, 0.29) is 18.1 Å². The van der Waals surface area contributed by atoms with Crippen molar-refractivity contribution >= 4 is 5.97 Å². The highest BCUT2D eigenvalue weighted by Crippen LogP contribution is 2.49. The molecule has 1 aliphatic carbocycles. The van der Waals surface area contributed by atoms with E-state index in [2.05, 4.69) is 0 Å². The van der Waals surface area contributed by atoms with Crippen LogP contribution in [0, 0.1) is 5.92 Å². The van der Waals surface area contributed by atoms with Crippen LogP contribution in [0.4, 0.5) is 0 Å². The van der Waals surface area contributed by atoms with E-state index in [1.807, 2.05) is 12.1 Å². The Morgan fingerprint density at radius 3 is 2.57 bits per heavy atom. The molecule has 0 bridgehead atoms. The summed E-state index contributed by atoms with van der Waals surface area (Å²) in [5.41, 5.74) is 1.13. The second-order valence-corrected chi connectivity index (χ2v) is 3.79. The zero-order chi connectivity index (χ0) is 10.1. The molecule has 1 fully saturated rings. The van der Waals surface area contributed by atoms with Gasteiger partial charge >= 0.3 is 5.97 Å². The SMILES string of the molecule is O=C(O)C[C@@H]1C[C@H]1c1ccc(O)cc1. The Labute approximate surface area is 82.0 Å². The fourth-order valence-corrected chi connectivity index (χ4v) is 1.83.